The van der Waals surface area contributed by atoms with Crippen LogP contribution < -0.4 is 5.73 Å². The van der Waals surface area contributed by atoms with Crippen molar-refractivity contribution >= 4 is 28.0 Å². The van der Waals surface area contributed by atoms with Gasteiger partial charge in [-0.05, 0) is 35.9 Å². The first-order valence-electron chi connectivity index (χ1n) is 7.04. The lowest BCUT2D eigenvalue weighted by Crippen LogP contribution is -2.13. The average molecular weight is 304 g/mol. The van der Waals surface area contributed by atoms with E-state index in [4.69, 9.17) is 5.73 Å². The average Bonchev–Trinajstić information content (AvgIpc) is 2.97. The third-order valence-corrected chi connectivity index (χ3v) is 3.61. The Morgan fingerprint density at radius 2 is 2.00 bits per heavy atom. The van der Waals surface area contributed by atoms with Crippen LogP contribution in [0, 0.1) is 0 Å². The maximum atomic E-state index is 11.3. The molecular formula is C16H12N6O. The van der Waals surface area contributed by atoms with Crippen molar-refractivity contribution in [1.82, 2.24) is 25.0 Å². The van der Waals surface area contributed by atoms with Gasteiger partial charge in [0.15, 0.2) is 5.65 Å². The molecule has 0 unspecified atom stereocenters. The number of primary amides is 1. The maximum Gasteiger partial charge on any atom is 0.267 e. The standard InChI is InChI=1S/C16H12N6O/c17-15(23)13-5-6-14-16(19-13)22(21-20-14)9-10-3-4-12-11(8-10)2-1-7-18-12/h1-8H,9H2,(H2,17,23). The largest absolute Gasteiger partial charge is 0.364 e. The van der Waals surface area contributed by atoms with Crippen molar-refractivity contribution in [2.24, 2.45) is 5.73 Å². The lowest BCUT2D eigenvalue weighted by Gasteiger charge is -2.04. The minimum Gasteiger partial charge on any atom is -0.364 e. The molecule has 112 valence electrons. The number of fused-ring (bicyclic) bond motifs is 2. The number of amides is 1. The van der Waals surface area contributed by atoms with E-state index in [2.05, 4.69) is 20.3 Å². The summed E-state index contributed by atoms with van der Waals surface area (Å²) in [5.41, 5.74) is 8.62. The Kier molecular flexibility index (Phi) is 2.97. The number of carbonyl (C=O) groups is 1. The number of hydrogen-bond acceptors (Lipinski definition) is 5. The highest BCUT2D eigenvalue weighted by molar-refractivity contribution is 5.92. The fraction of sp³-hybridized carbons (Fsp3) is 0.0625. The molecule has 2 N–H and O–H groups in total. The van der Waals surface area contributed by atoms with Gasteiger partial charge in [0, 0.05) is 11.6 Å². The Balaban J connectivity index is 1.76. The van der Waals surface area contributed by atoms with Crippen LogP contribution in [0.15, 0.2) is 48.7 Å². The van der Waals surface area contributed by atoms with Crippen molar-refractivity contribution in [1.29, 1.82) is 0 Å². The Bertz CT molecular complexity index is 1040. The molecule has 0 aliphatic heterocycles. The van der Waals surface area contributed by atoms with Crippen molar-refractivity contribution < 1.29 is 4.79 Å². The zero-order valence-corrected chi connectivity index (χ0v) is 12.0. The number of aromatic nitrogens is 5. The van der Waals surface area contributed by atoms with Gasteiger partial charge in [0.1, 0.15) is 11.2 Å². The number of nitrogens with zero attached hydrogens (tertiary/aromatic N) is 5. The molecule has 1 amide bonds. The number of rotatable bonds is 3. The molecule has 0 aliphatic rings. The van der Waals surface area contributed by atoms with E-state index in [9.17, 15) is 4.79 Å². The van der Waals surface area contributed by atoms with Gasteiger partial charge >= 0.3 is 0 Å². The van der Waals surface area contributed by atoms with Gasteiger partial charge in [0.05, 0.1) is 12.1 Å². The summed E-state index contributed by atoms with van der Waals surface area (Å²) in [6.45, 7) is 0.497. The third-order valence-electron chi connectivity index (χ3n) is 3.61. The number of pyridine rings is 2. The molecule has 7 nitrogen and oxygen atoms in total. The second-order valence-electron chi connectivity index (χ2n) is 5.18. The smallest absolute Gasteiger partial charge is 0.267 e. The summed E-state index contributed by atoms with van der Waals surface area (Å²) in [5.74, 6) is -0.573. The van der Waals surface area contributed by atoms with E-state index in [1.54, 1.807) is 23.0 Å². The quantitative estimate of drug-likeness (QED) is 0.618. The summed E-state index contributed by atoms with van der Waals surface area (Å²) < 4.78 is 1.65. The zero-order chi connectivity index (χ0) is 15.8. The van der Waals surface area contributed by atoms with Gasteiger partial charge in [-0.3, -0.25) is 9.78 Å². The van der Waals surface area contributed by atoms with E-state index in [1.807, 2.05) is 30.3 Å². The van der Waals surface area contributed by atoms with Crippen LogP contribution >= 0.6 is 0 Å². The van der Waals surface area contributed by atoms with Crippen LogP contribution in [0.3, 0.4) is 0 Å². The van der Waals surface area contributed by atoms with Crippen molar-refractivity contribution in [3.05, 3.63) is 59.9 Å². The normalized spacial score (nSPS) is 11.1. The molecule has 4 rings (SSSR count). The van der Waals surface area contributed by atoms with E-state index < -0.39 is 5.91 Å². The van der Waals surface area contributed by atoms with Crippen molar-refractivity contribution in [2.75, 3.05) is 0 Å². The van der Waals surface area contributed by atoms with Crippen LogP contribution in [-0.4, -0.2) is 30.9 Å². The summed E-state index contributed by atoms with van der Waals surface area (Å²) in [5, 5.41) is 9.23. The van der Waals surface area contributed by atoms with Crippen LogP contribution in [0.4, 0.5) is 0 Å². The topological polar surface area (TPSA) is 99.6 Å². The molecule has 0 aliphatic carbocycles. The molecule has 0 fully saturated rings. The molecule has 7 heteroatoms. The van der Waals surface area contributed by atoms with Gasteiger partial charge in [-0.1, -0.05) is 17.3 Å². The third kappa shape index (κ3) is 2.38. The molecule has 3 aromatic heterocycles. The maximum absolute atomic E-state index is 11.3. The van der Waals surface area contributed by atoms with Gasteiger partial charge in [-0.2, -0.15) is 0 Å². The SMILES string of the molecule is NC(=O)c1ccc2nnn(Cc3ccc4ncccc4c3)c2n1. The highest BCUT2D eigenvalue weighted by Gasteiger charge is 2.10. The van der Waals surface area contributed by atoms with Crippen LogP contribution in [0.25, 0.3) is 22.1 Å². The fourth-order valence-corrected chi connectivity index (χ4v) is 2.49. The first kappa shape index (κ1) is 13.3. The second-order valence-corrected chi connectivity index (χ2v) is 5.18. The van der Waals surface area contributed by atoms with Gasteiger partial charge in [0.25, 0.3) is 5.91 Å². The Morgan fingerprint density at radius 3 is 2.87 bits per heavy atom. The van der Waals surface area contributed by atoms with Crippen LogP contribution in [0.2, 0.25) is 0 Å². The minimum absolute atomic E-state index is 0.198. The molecule has 0 radical (unpaired) electrons. The molecule has 0 bridgehead atoms. The molecule has 3 heterocycles. The molecule has 1 aromatic carbocycles. The number of nitrogens with two attached hydrogens (primary N) is 1. The lowest BCUT2D eigenvalue weighted by atomic mass is 10.1. The summed E-state index contributed by atoms with van der Waals surface area (Å²) in [6, 6.07) is 13.1. The van der Waals surface area contributed by atoms with Crippen molar-refractivity contribution in [2.45, 2.75) is 6.54 Å². The lowest BCUT2D eigenvalue weighted by molar-refractivity contribution is 0.0996. The van der Waals surface area contributed by atoms with E-state index in [1.165, 1.54) is 0 Å². The van der Waals surface area contributed by atoms with E-state index in [-0.39, 0.29) is 5.69 Å². The molecule has 0 saturated carbocycles. The zero-order valence-electron chi connectivity index (χ0n) is 12.0. The first-order chi connectivity index (χ1) is 11.2. The number of hydrogen-bond donors (Lipinski definition) is 1. The van der Waals surface area contributed by atoms with Gasteiger partial charge in [-0.25, -0.2) is 9.67 Å². The highest BCUT2D eigenvalue weighted by Crippen LogP contribution is 2.16. The molecule has 0 atom stereocenters. The number of carbonyl (C=O) groups excluding carboxylic acids is 1. The second kappa shape index (κ2) is 5.13. The Hall–Kier alpha value is -3.35. The molecule has 0 saturated heterocycles. The van der Waals surface area contributed by atoms with Gasteiger partial charge in [0.2, 0.25) is 0 Å². The molecular weight excluding hydrogens is 292 g/mol. The van der Waals surface area contributed by atoms with Crippen LogP contribution in [0.1, 0.15) is 16.1 Å². The van der Waals surface area contributed by atoms with Crippen LogP contribution in [-0.2, 0) is 6.54 Å². The van der Waals surface area contributed by atoms with E-state index in [0.717, 1.165) is 16.5 Å². The number of benzene rings is 1. The molecule has 23 heavy (non-hydrogen) atoms. The highest BCUT2D eigenvalue weighted by atomic mass is 16.1. The minimum atomic E-state index is -0.573. The summed E-state index contributed by atoms with van der Waals surface area (Å²) >= 11 is 0. The van der Waals surface area contributed by atoms with Crippen molar-refractivity contribution in [3.63, 3.8) is 0 Å². The fourth-order valence-electron chi connectivity index (χ4n) is 2.49. The predicted octanol–water partition coefficient (Wildman–Crippen LogP) is 1.52. The van der Waals surface area contributed by atoms with Crippen LogP contribution in [0.5, 0.6) is 0 Å². The molecule has 0 spiro atoms. The predicted molar refractivity (Wildman–Crippen MR) is 84.7 cm³/mol. The van der Waals surface area contributed by atoms with E-state index in [0.29, 0.717) is 17.7 Å². The summed E-state index contributed by atoms with van der Waals surface area (Å²) in [4.78, 5) is 19.8. The Morgan fingerprint density at radius 1 is 1.13 bits per heavy atom. The monoisotopic (exact) mass is 304 g/mol. The van der Waals surface area contributed by atoms with Gasteiger partial charge in [-0.15, -0.1) is 5.10 Å². The summed E-state index contributed by atoms with van der Waals surface area (Å²) in [6.07, 6.45) is 1.77. The van der Waals surface area contributed by atoms with Crippen molar-refractivity contribution in [3.8, 4) is 0 Å². The molecule has 4 aromatic rings. The Labute approximate surface area is 130 Å². The first-order valence-corrected chi connectivity index (χ1v) is 7.04. The van der Waals surface area contributed by atoms with E-state index >= 15 is 0 Å². The van der Waals surface area contributed by atoms with Gasteiger partial charge < -0.3 is 5.73 Å². The summed E-state index contributed by atoms with van der Waals surface area (Å²) in [7, 11) is 0.